The maximum atomic E-state index is 5.53. The topological polar surface area (TPSA) is 38.9 Å². The highest BCUT2D eigenvalue weighted by Crippen LogP contribution is 2.16. The van der Waals surface area contributed by atoms with Crippen LogP contribution in [0.2, 0.25) is 0 Å². The Hall–Kier alpha value is -0.580. The first-order valence-corrected chi connectivity index (χ1v) is 3.86. The van der Waals surface area contributed by atoms with E-state index < -0.39 is 0 Å². The molecule has 0 radical (unpaired) electrons. The number of hydrogen-bond acceptors (Lipinski definition) is 2. The number of halogens is 1. The number of nitrogens with two attached hydrogens (primary N) is 1. The number of pyridine rings is 1. The zero-order valence-corrected chi connectivity index (χ0v) is 7.50. The second-order valence-corrected chi connectivity index (χ2v) is 2.88. The molecule has 0 saturated carbocycles. The lowest BCUT2D eigenvalue weighted by molar-refractivity contribution is 1.31. The smallest absolute Gasteiger partial charge is 0.137 e. The quantitative estimate of drug-likeness (QED) is 0.768. The van der Waals surface area contributed by atoms with E-state index in [1.165, 1.54) is 0 Å². The third-order valence-corrected chi connectivity index (χ3v) is 2.34. The molecule has 1 aromatic rings. The first-order valence-electron chi connectivity index (χ1n) is 2.78. The van der Waals surface area contributed by atoms with Crippen LogP contribution >= 0.6 is 22.6 Å². The minimum Gasteiger partial charge on any atom is -0.383 e. The van der Waals surface area contributed by atoms with Gasteiger partial charge in [0.2, 0.25) is 0 Å². The molecule has 0 aliphatic carbocycles. The Kier molecular flexibility index (Phi) is 2.26. The van der Waals surface area contributed by atoms with Gasteiger partial charge in [-0.2, -0.15) is 0 Å². The van der Waals surface area contributed by atoms with Gasteiger partial charge in [0.15, 0.2) is 0 Å². The number of aromatic nitrogens is 1. The van der Waals surface area contributed by atoms with E-state index in [9.17, 15) is 0 Å². The number of hydrogen-bond donors (Lipinski definition) is 1. The van der Waals surface area contributed by atoms with Crippen LogP contribution in [0.4, 0.5) is 5.82 Å². The zero-order chi connectivity index (χ0) is 7.56. The van der Waals surface area contributed by atoms with Crippen molar-refractivity contribution in [3.05, 3.63) is 28.0 Å². The summed E-state index contributed by atoms with van der Waals surface area (Å²) in [6.45, 7) is 3.64. The minimum absolute atomic E-state index is 0.568. The summed E-state index contributed by atoms with van der Waals surface area (Å²) < 4.78 is 0.968. The molecule has 1 rings (SSSR count). The van der Waals surface area contributed by atoms with Crippen molar-refractivity contribution in [2.45, 2.75) is 0 Å². The summed E-state index contributed by atoms with van der Waals surface area (Å²) in [4.78, 5) is 3.91. The molecule has 0 amide bonds. The lowest BCUT2D eigenvalue weighted by Gasteiger charge is -1.98. The molecule has 0 fully saturated rings. The van der Waals surface area contributed by atoms with Crippen LogP contribution in [0.3, 0.4) is 0 Å². The van der Waals surface area contributed by atoms with Crippen LogP contribution in [0, 0.1) is 3.57 Å². The van der Waals surface area contributed by atoms with Crippen molar-refractivity contribution in [3.8, 4) is 0 Å². The van der Waals surface area contributed by atoms with Gasteiger partial charge < -0.3 is 5.73 Å². The molecule has 0 aliphatic rings. The van der Waals surface area contributed by atoms with Crippen LogP contribution in [0.15, 0.2) is 18.8 Å². The fourth-order valence-electron chi connectivity index (χ4n) is 0.633. The molecule has 0 atom stereocenters. The lowest BCUT2D eigenvalue weighted by atomic mass is 10.3. The summed E-state index contributed by atoms with van der Waals surface area (Å²) in [5, 5.41) is 0. The van der Waals surface area contributed by atoms with E-state index in [0.29, 0.717) is 5.82 Å². The Morgan fingerprint density at radius 1 is 1.70 bits per heavy atom. The Bertz CT molecular complexity index is 258. The van der Waals surface area contributed by atoms with E-state index in [1.54, 1.807) is 12.3 Å². The van der Waals surface area contributed by atoms with E-state index in [2.05, 4.69) is 34.2 Å². The molecular formula is C7H7IN2. The molecular weight excluding hydrogens is 239 g/mol. The molecule has 0 bridgehead atoms. The van der Waals surface area contributed by atoms with E-state index in [0.717, 1.165) is 9.13 Å². The van der Waals surface area contributed by atoms with Crippen LogP contribution in [0.25, 0.3) is 6.08 Å². The Morgan fingerprint density at radius 3 is 2.90 bits per heavy atom. The van der Waals surface area contributed by atoms with Gasteiger partial charge in [0, 0.05) is 6.20 Å². The fourth-order valence-corrected chi connectivity index (χ4v) is 1.17. The number of nitrogen functional groups attached to an aromatic ring is 1. The molecule has 0 unspecified atom stereocenters. The highest BCUT2D eigenvalue weighted by molar-refractivity contribution is 14.1. The van der Waals surface area contributed by atoms with Crippen molar-refractivity contribution < 1.29 is 0 Å². The molecule has 0 aromatic carbocycles. The normalized spacial score (nSPS) is 9.30. The average Bonchev–Trinajstić information content (AvgIpc) is 1.95. The van der Waals surface area contributed by atoms with Gasteiger partial charge in [0.25, 0.3) is 0 Å². The Morgan fingerprint density at radius 2 is 2.40 bits per heavy atom. The predicted octanol–water partition coefficient (Wildman–Crippen LogP) is 1.91. The maximum Gasteiger partial charge on any atom is 0.137 e. The van der Waals surface area contributed by atoms with Crippen LogP contribution in [0.1, 0.15) is 5.56 Å². The van der Waals surface area contributed by atoms with E-state index >= 15 is 0 Å². The Balaban J connectivity index is 3.27. The highest BCUT2D eigenvalue weighted by Gasteiger charge is 1.98. The van der Waals surface area contributed by atoms with Crippen molar-refractivity contribution in [2.24, 2.45) is 0 Å². The largest absolute Gasteiger partial charge is 0.383 e. The van der Waals surface area contributed by atoms with E-state index in [4.69, 9.17) is 5.73 Å². The molecule has 2 nitrogen and oxygen atoms in total. The minimum atomic E-state index is 0.568. The summed E-state index contributed by atoms with van der Waals surface area (Å²) in [6, 6.07) is 1.88. The molecule has 0 spiro atoms. The van der Waals surface area contributed by atoms with Crippen molar-refractivity contribution >= 4 is 34.5 Å². The van der Waals surface area contributed by atoms with E-state index in [-0.39, 0.29) is 0 Å². The van der Waals surface area contributed by atoms with Gasteiger partial charge in [-0.1, -0.05) is 12.7 Å². The molecule has 3 heteroatoms. The second-order valence-electron chi connectivity index (χ2n) is 1.80. The SMILES string of the molecule is C=Cc1ccnc(N)c1I. The summed E-state index contributed by atoms with van der Waals surface area (Å²) >= 11 is 2.15. The second kappa shape index (κ2) is 3.01. The van der Waals surface area contributed by atoms with Gasteiger partial charge in [0.05, 0.1) is 3.57 Å². The van der Waals surface area contributed by atoms with Gasteiger partial charge in [-0.25, -0.2) is 4.98 Å². The van der Waals surface area contributed by atoms with Crippen LogP contribution < -0.4 is 5.73 Å². The summed E-state index contributed by atoms with van der Waals surface area (Å²) in [6.07, 6.45) is 3.44. The Labute approximate surface area is 73.3 Å². The van der Waals surface area contributed by atoms with E-state index in [1.807, 2.05) is 6.07 Å². The van der Waals surface area contributed by atoms with Gasteiger partial charge in [-0.05, 0) is 34.2 Å². The first kappa shape index (κ1) is 7.53. The van der Waals surface area contributed by atoms with Gasteiger partial charge in [0.1, 0.15) is 5.82 Å². The molecule has 1 heterocycles. The zero-order valence-electron chi connectivity index (χ0n) is 5.34. The predicted molar refractivity (Wildman–Crippen MR) is 51.5 cm³/mol. The molecule has 10 heavy (non-hydrogen) atoms. The summed E-state index contributed by atoms with van der Waals surface area (Å²) in [5.41, 5.74) is 6.57. The van der Waals surface area contributed by atoms with Crippen molar-refractivity contribution in [2.75, 3.05) is 5.73 Å². The van der Waals surface area contributed by atoms with Gasteiger partial charge >= 0.3 is 0 Å². The van der Waals surface area contributed by atoms with Crippen molar-refractivity contribution in [1.29, 1.82) is 0 Å². The van der Waals surface area contributed by atoms with Crippen LogP contribution in [-0.2, 0) is 0 Å². The lowest BCUT2D eigenvalue weighted by Crippen LogP contribution is -1.94. The van der Waals surface area contributed by atoms with Crippen molar-refractivity contribution in [3.63, 3.8) is 0 Å². The summed E-state index contributed by atoms with van der Waals surface area (Å²) in [7, 11) is 0. The molecule has 2 N–H and O–H groups in total. The molecule has 1 aromatic heterocycles. The third-order valence-electron chi connectivity index (χ3n) is 1.17. The number of rotatable bonds is 1. The standard InChI is InChI=1S/C7H7IN2/c1-2-5-3-4-10-7(9)6(5)8/h2-4H,1H2,(H2,9,10). The maximum absolute atomic E-state index is 5.53. The number of nitrogens with zero attached hydrogens (tertiary/aromatic N) is 1. The number of anilines is 1. The first-order chi connectivity index (χ1) is 4.75. The van der Waals surface area contributed by atoms with Gasteiger partial charge in [-0.15, -0.1) is 0 Å². The molecule has 0 saturated heterocycles. The summed E-state index contributed by atoms with van der Waals surface area (Å²) in [5.74, 6) is 0.568. The average molecular weight is 246 g/mol. The molecule has 52 valence electrons. The fraction of sp³-hybridized carbons (Fsp3) is 0. The monoisotopic (exact) mass is 246 g/mol. The van der Waals surface area contributed by atoms with Crippen LogP contribution in [0.5, 0.6) is 0 Å². The highest BCUT2D eigenvalue weighted by atomic mass is 127. The van der Waals surface area contributed by atoms with Crippen molar-refractivity contribution in [1.82, 2.24) is 4.98 Å². The van der Waals surface area contributed by atoms with Crippen LogP contribution in [-0.4, -0.2) is 4.98 Å². The molecule has 0 aliphatic heterocycles. The third kappa shape index (κ3) is 1.29. The van der Waals surface area contributed by atoms with Gasteiger partial charge in [-0.3, -0.25) is 0 Å².